The van der Waals surface area contributed by atoms with Gasteiger partial charge in [-0.1, -0.05) is 30.3 Å². The summed E-state index contributed by atoms with van der Waals surface area (Å²) in [7, 11) is 0. The van der Waals surface area contributed by atoms with Gasteiger partial charge in [0.25, 0.3) is 0 Å². The van der Waals surface area contributed by atoms with Crippen molar-refractivity contribution in [1.29, 1.82) is 0 Å². The highest BCUT2D eigenvalue weighted by Gasteiger charge is 2.29. The van der Waals surface area contributed by atoms with Crippen molar-refractivity contribution in [3.8, 4) is 5.75 Å². The van der Waals surface area contributed by atoms with Crippen molar-refractivity contribution in [3.05, 3.63) is 83.1 Å². The molecule has 1 aliphatic carbocycles. The van der Waals surface area contributed by atoms with E-state index in [4.69, 9.17) is 9.47 Å². The second kappa shape index (κ2) is 11.1. The van der Waals surface area contributed by atoms with Gasteiger partial charge in [0.1, 0.15) is 12.4 Å². The van der Waals surface area contributed by atoms with Crippen molar-refractivity contribution in [3.63, 3.8) is 0 Å². The molecule has 176 valence electrons. The van der Waals surface area contributed by atoms with Crippen LogP contribution in [0.15, 0.2) is 54.6 Å². The Morgan fingerprint density at radius 1 is 1.00 bits per heavy atom. The zero-order valence-corrected chi connectivity index (χ0v) is 17.9. The molecule has 0 bridgehead atoms. The van der Waals surface area contributed by atoms with Gasteiger partial charge in [0, 0.05) is 17.7 Å². The van der Waals surface area contributed by atoms with Crippen molar-refractivity contribution in [2.75, 3.05) is 6.61 Å². The van der Waals surface area contributed by atoms with E-state index in [-0.39, 0.29) is 17.2 Å². The SMILES string of the molecule is C/C=C/OC/C(F)=C(\F)c1ccc(C2CCC(C(=O)Oc3cc(F)c(F)c(F)c3)CC2)cc1. The molecule has 0 spiro atoms. The molecule has 1 aliphatic rings. The third kappa shape index (κ3) is 6.21. The number of ether oxygens (including phenoxy) is 2. The van der Waals surface area contributed by atoms with Crippen LogP contribution < -0.4 is 4.74 Å². The van der Waals surface area contributed by atoms with Crippen LogP contribution in [-0.2, 0) is 9.53 Å². The van der Waals surface area contributed by atoms with Crippen molar-refractivity contribution in [2.24, 2.45) is 5.92 Å². The van der Waals surface area contributed by atoms with E-state index in [2.05, 4.69) is 0 Å². The molecule has 1 fully saturated rings. The molecule has 0 atom stereocenters. The van der Waals surface area contributed by atoms with Crippen molar-refractivity contribution in [2.45, 2.75) is 38.5 Å². The molecule has 1 saturated carbocycles. The fraction of sp³-hybridized carbons (Fsp3) is 0.320. The van der Waals surface area contributed by atoms with E-state index in [0.717, 1.165) is 5.56 Å². The van der Waals surface area contributed by atoms with E-state index in [0.29, 0.717) is 37.8 Å². The molecule has 2 aromatic rings. The topological polar surface area (TPSA) is 35.5 Å². The predicted molar refractivity (Wildman–Crippen MR) is 113 cm³/mol. The normalized spacial score (nSPS) is 19.3. The Labute approximate surface area is 188 Å². The number of carbonyl (C=O) groups excluding carboxylic acids is 1. The fourth-order valence-electron chi connectivity index (χ4n) is 3.79. The molecule has 0 aromatic heterocycles. The van der Waals surface area contributed by atoms with Crippen LogP contribution in [0.3, 0.4) is 0 Å². The molecule has 3 nitrogen and oxygen atoms in total. The van der Waals surface area contributed by atoms with E-state index in [1.807, 2.05) is 0 Å². The first-order chi connectivity index (χ1) is 15.8. The van der Waals surface area contributed by atoms with Gasteiger partial charge in [0.2, 0.25) is 0 Å². The molecule has 33 heavy (non-hydrogen) atoms. The summed E-state index contributed by atoms with van der Waals surface area (Å²) < 4.78 is 77.6. The highest BCUT2D eigenvalue weighted by molar-refractivity contribution is 5.75. The average molecular weight is 466 g/mol. The van der Waals surface area contributed by atoms with E-state index in [1.165, 1.54) is 18.4 Å². The summed E-state index contributed by atoms with van der Waals surface area (Å²) in [5.74, 6) is -7.80. The first-order valence-corrected chi connectivity index (χ1v) is 10.5. The summed E-state index contributed by atoms with van der Waals surface area (Å²) in [6, 6.07) is 7.71. The Bertz CT molecular complexity index is 1020. The number of rotatable bonds is 7. The van der Waals surface area contributed by atoms with Crippen LogP contribution in [0.1, 0.15) is 49.7 Å². The second-order valence-corrected chi connectivity index (χ2v) is 7.79. The third-order valence-electron chi connectivity index (χ3n) is 5.55. The van der Waals surface area contributed by atoms with Crippen LogP contribution >= 0.6 is 0 Å². The first-order valence-electron chi connectivity index (χ1n) is 10.5. The standard InChI is InChI=1S/C25H23F5O3/c1-2-11-32-14-22(28)23(29)17-7-3-15(4-8-17)16-5-9-18(10-6-16)25(31)33-19-12-20(26)24(30)21(27)13-19/h2-4,7-8,11-13,16,18H,5-6,9-10,14H2,1H3/b11-2+,23-22+. The Morgan fingerprint density at radius 3 is 2.18 bits per heavy atom. The van der Waals surface area contributed by atoms with Gasteiger partial charge in [0.15, 0.2) is 29.1 Å². The summed E-state index contributed by atoms with van der Waals surface area (Å²) >= 11 is 0. The number of hydrogen-bond donors (Lipinski definition) is 0. The van der Waals surface area contributed by atoms with Crippen LogP contribution in [0.2, 0.25) is 0 Å². The first kappa shape index (κ1) is 24.5. The van der Waals surface area contributed by atoms with E-state index in [1.54, 1.807) is 25.1 Å². The molecule has 0 amide bonds. The van der Waals surface area contributed by atoms with Gasteiger partial charge >= 0.3 is 5.97 Å². The zero-order chi connectivity index (χ0) is 24.0. The van der Waals surface area contributed by atoms with Gasteiger partial charge in [-0.3, -0.25) is 4.79 Å². The fourth-order valence-corrected chi connectivity index (χ4v) is 3.79. The lowest BCUT2D eigenvalue weighted by Gasteiger charge is -2.27. The number of carbonyl (C=O) groups is 1. The molecule has 0 heterocycles. The number of halogens is 5. The zero-order valence-electron chi connectivity index (χ0n) is 17.9. The van der Waals surface area contributed by atoms with Gasteiger partial charge in [0.05, 0.1) is 12.2 Å². The summed E-state index contributed by atoms with van der Waals surface area (Å²) in [5, 5.41) is 0. The molecule has 0 N–H and O–H groups in total. The van der Waals surface area contributed by atoms with E-state index < -0.39 is 47.6 Å². The smallest absolute Gasteiger partial charge is 0.314 e. The van der Waals surface area contributed by atoms with Crippen LogP contribution in [0.25, 0.3) is 5.83 Å². The molecule has 0 saturated heterocycles. The molecule has 0 radical (unpaired) electrons. The minimum absolute atomic E-state index is 0.108. The molecule has 0 unspecified atom stereocenters. The van der Waals surface area contributed by atoms with Crippen LogP contribution in [0.4, 0.5) is 22.0 Å². The molecule has 2 aromatic carbocycles. The van der Waals surface area contributed by atoms with Gasteiger partial charge in [-0.15, -0.1) is 0 Å². The van der Waals surface area contributed by atoms with Crippen LogP contribution in [0.5, 0.6) is 5.75 Å². The molecular formula is C25H23F5O3. The Morgan fingerprint density at radius 2 is 1.61 bits per heavy atom. The lowest BCUT2D eigenvalue weighted by molar-refractivity contribution is -0.140. The van der Waals surface area contributed by atoms with Gasteiger partial charge in [-0.25, -0.2) is 22.0 Å². The number of benzene rings is 2. The summed E-state index contributed by atoms with van der Waals surface area (Å²) in [5.41, 5.74) is 1.04. The molecular weight excluding hydrogens is 443 g/mol. The van der Waals surface area contributed by atoms with E-state index in [9.17, 15) is 26.7 Å². The monoisotopic (exact) mass is 466 g/mol. The van der Waals surface area contributed by atoms with Gasteiger partial charge in [-0.05, 0) is 44.1 Å². The third-order valence-corrected chi connectivity index (χ3v) is 5.55. The van der Waals surface area contributed by atoms with Crippen molar-refractivity contribution < 1.29 is 36.2 Å². The van der Waals surface area contributed by atoms with Crippen LogP contribution in [0, 0.1) is 23.4 Å². The number of hydrogen-bond acceptors (Lipinski definition) is 3. The predicted octanol–water partition coefficient (Wildman–Crippen LogP) is 7.14. The molecule has 3 rings (SSSR count). The minimum Gasteiger partial charge on any atom is -0.494 e. The summed E-state index contributed by atoms with van der Waals surface area (Å²) in [6.45, 7) is 1.20. The lowest BCUT2D eigenvalue weighted by atomic mass is 9.78. The number of allylic oxidation sites excluding steroid dienone is 1. The Balaban J connectivity index is 1.56. The molecule has 8 heteroatoms. The maximum Gasteiger partial charge on any atom is 0.314 e. The second-order valence-electron chi connectivity index (χ2n) is 7.79. The summed E-state index contributed by atoms with van der Waals surface area (Å²) in [6.07, 6.45) is 5.12. The van der Waals surface area contributed by atoms with Gasteiger partial charge in [-0.2, -0.15) is 0 Å². The maximum atomic E-state index is 14.2. The quantitative estimate of drug-likeness (QED) is 0.143. The van der Waals surface area contributed by atoms with Gasteiger partial charge < -0.3 is 9.47 Å². The van der Waals surface area contributed by atoms with Crippen molar-refractivity contribution in [1.82, 2.24) is 0 Å². The largest absolute Gasteiger partial charge is 0.494 e. The highest BCUT2D eigenvalue weighted by atomic mass is 19.2. The van der Waals surface area contributed by atoms with Crippen LogP contribution in [-0.4, -0.2) is 12.6 Å². The minimum atomic E-state index is -1.62. The maximum absolute atomic E-state index is 14.2. The average Bonchev–Trinajstić information content (AvgIpc) is 2.82. The van der Waals surface area contributed by atoms with E-state index >= 15 is 0 Å². The number of esters is 1. The lowest BCUT2D eigenvalue weighted by Crippen LogP contribution is -2.25. The highest BCUT2D eigenvalue weighted by Crippen LogP contribution is 2.37. The Hall–Kier alpha value is -3.16. The molecule has 0 aliphatic heterocycles. The Kier molecular flexibility index (Phi) is 8.25. The van der Waals surface area contributed by atoms with Crippen molar-refractivity contribution >= 4 is 11.8 Å². The summed E-state index contributed by atoms with van der Waals surface area (Å²) in [4.78, 5) is 12.3.